The molecule has 0 unspecified atom stereocenters. The number of hydrogen-bond acceptors (Lipinski definition) is 8. The van der Waals surface area contributed by atoms with E-state index in [-0.39, 0.29) is 6.61 Å². The van der Waals surface area contributed by atoms with Crippen LogP contribution in [0.25, 0.3) is 0 Å². The van der Waals surface area contributed by atoms with Crippen LogP contribution in [0, 0.1) is 0 Å². The van der Waals surface area contributed by atoms with Gasteiger partial charge in [0.05, 0.1) is 33.0 Å². The summed E-state index contributed by atoms with van der Waals surface area (Å²) in [7, 11) is 2.96. The van der Waals surface area contributed by atoms with E-state index in [1.807, 2.05) is 0 Å². The van der Waals surface area contributed by atoms with Gasteiger partial charge in [-0.2, -0.15) is 0 Å². The smallest absolute Gasteiger partial charge is 0.229 e. The van der Waals surface area contributed by atoms with Crippen molar-refractivity contribution in [1.29, 1.82) is 0 Å². The van der Waals surface area contributed by atoms with Gasteiger partial charge in [0.15, 0.2) is 0 Å². The Hall–Kier alpha value is -1.42. The minimum Gasteiger partial charge on any atom is -0.497 e. The highest BCUT2D eigenvalue weighted by molar-refractivity contribution is 5.51. The Balaban J connectivity index is 2.12. The van der Waals surface area contributed by atoms with E-state index in [4.69, 9.17) is 18.9 Å². The monoisotopic (exact) mass is 328 g/mol. The zero-order valence-electron chi connectivity index (χ0n) is 12.8. The van der Waals surface area contributed by atoms with Crippen molar-refractivity contribution in [1.82, 2.24) is 0 Å². The van der Waals surface area contributed by atoms with Crippen molar-refractivity contribution < 1.29 is 39.4 Å². The lowest BCUT2D eigenvalue weighted by Gasteiger charge is -2.46. The summed E-state index contributed by atoms with van der Waals surface area (Å²) in [5, 5.41) is 39.9. The maximum Gasteiger partial charge on any atom is 0.229 e. The summed E-state index contributed by atoms with van der Waals surface area (Å²) in [4.78, 5) is 0. The highest BCUT2D eigenvalue weighted by atomic mass is 16.7. The molecule has 4 N–H and O–H groups in total. The van der Waals surface area contributed by atoms with Crippen LogP contribution in [0.5, 0.6) is 11.5 Å². The van der Waals surface area contributed by atoms with Gasteiger partial charge in [-0.05, 0) is 11.6 Å². The molecule has 5 atom stereocenters. The fourth-order valence-electron chi connectivity index (χ4n) is 3.16. The Morgan fingerprint density at radius 2 is 1.91 bits per heavy atom. The predicted molar refractivity (Wildman–Crippen MR) is 76.0 cm³/mol. The van der Waals surface area contributed by atoms with Crippen molar-refractivity contribution in [3.63, 3.8) is 0 Å². The normalized spacial score (nSPS) is 36.1. The van der Waals surface area contributed by atoms with Crippen molar-refractivity contribution >= 4 is 0 Å². The molecule has 2 aliphatic rings. The standard InChI is InChI=1S/C15H20O8/c1-20-8-3-7-6-22-15(11(7)9(4-8)21-2)14(19)13(18)12(17)10(5-16)23-15/h3-4,10,12-14,16-19H,5-6H2,1-2H3/t10-,12-,13+,14+,15-/m1/s1. The zero-order valence-corrected chi connectivity index (χ0v) is 12.8. The first-order valence-corrected chi connectivity index (χ1v) is 7.20. The zero-order chi connectivity index (χ0) is 16.8. The quantitative estimate of drug-likeness (QED) is 0.550. The second kappa shape index (κ2) is 5.90. The van der Waals surface area contributed by atoms with Crippen molar-refractivity contribution in [2.24, 2.45) is 0 Å². The fourth-order valence-corrected chi connectivity index (χ4v) is 3.16. The lowest BCUT2D eigenvalue weighted by atomic mass is 9.87. The highest BCUT2D eigenvalue weighted by Crippen LogP contribution is 2.50. The molecule has 1 spiro atoms. The van der Waals surface area contributed by atoms with Crippen LogP contribution in [-0.2, 0) is 21.9 Å². The van der Waals surface area contributed by atoms with E-state index < -0.39 is 36.8 Å². The molecule has 1 aromatic rings. The highest BCUT2D eigenvalue weighted by Gasteiger charge is 2.59. The lowest BCUT2D eigenvalue weighted by molar-refractivity contribution is -0.368. The van der Waals surface area contributed by atoms with Crippen LogP contribution in [-0.4, -0.2) is 65.7 Å². The maximum atomic E-state index is 10.5. The van der Waals surface area contributed by atoms with Crippen molar-refractivity contribution in [2.45, 2.75) is 36.8 Å². The summed E-state index contributed by atoms with van der Waals surface area (Å²) < 4.78 is 21.9. The Kier molecular flexibility index (Phi) is 4.21. The van der Waals surface area contributed by atoms with E-state index in [9.17, 15) is 20.4 Å². The molecule has 0 aromatic heterocycles. The molecule has 0 saturated carbocycles. The molecule has 2 aliphatic heterocycles. The topological polar surface area (TPSA) is 118 Å². The van der Waals surface area contributed by atoms with Crippen molar-refractivity contribution in [2.75, 3.05) is 20.8 Å². The van der Waals surface area contributed by atoms with Crippen molar-refractivity contribution in [3.8, 4) is 11.5 Å². The molecule has 2 heterocycles. The maximum absolute atomic E-state index is 10.5. The summed E-state index contributed by atoms with van der Waals surface area (Å²) in [6, 6.07) is 3.32. The average molecular weight is 328 g/mol. The number of benzene rings is 1. The third kappa shape index (κ3) is 2.30. The summed E-state index contributed by atoms with van der Waals surface area (Å²) in [6.07, 6.45) is -5.63. The first kappa shape index (κ1) is 16.4. The molecule has 1 aromatic carbocycles. The number of rotatable bonds is 3. The van der Waals surface area contributed by atoms with Crippen LogP contribution in [0.3, 0.4) is 0 Å². The number of aliphatic hydroxyl groups excluding tert-OH is 4. The molecule has 0 bridgehead atoms. The minimum atomic E-state index is -1.72. The van der Waals surface area contributed by atoms with Gasteiger partial charge in [0, 0.05) is 6.07 Å². The van der Waals surface area contributed by atoms with Gasteiger partial charge in [-0.3, -0.25) is 0 Å². The molecular formula is C15H20O8. The van der Waals surface area contributed by atoms with Gasteiger partial charge in [0.1, 0.15) is 35.9 Å². The summed E-state index contributed by atoms with van der Waals surface area (Å²) >= 11 is 0. The van der Waals surface area contributed by atoms with Crippen LogP contribution in [0.1, 0.15) is 11.1 Å². The second-order valence-electron chi connectivity index (χ2n) is 5.58. The third-order valence-electron chi connectivity index (χ3n) is 4.35. The van der Waals surface area contributed by atoms with E-state index in [1.165, 1.54) is 14.2 Å². The van der Waals surface area contributed by atoms with Crippen LogP contribution in [0.2, 0.25) is 0 Å². The number of aliphatic hydroxyl groups is 4. The average Bonchev–Trinajstić information content (AvgIpc) is 2.95. The fraction of sp³-hybridized carbons (Fsp3) is 0.600. The van der Waals surface area contributed by atoms with Gasteiger partial charge < -0.3 is 39.4 Å². The molecule has 1 fully saturated rings. The van der Waals surface area contributed by atoms with E-state index in [1.54, 1.807) is 12.1 Å². The van der Waals surface area contributed by atoms with Gasteiger partial charge in [-0.25, -0.2) is 0 Å². The molecule has 0 aliphatic carbocycles. The van der Waals surface area contributed by atoms with Crippen LogP contribution < -0.4 is 9.47 Å². The van der Waals surface area contributed by atoms with Gasteiger partial charge in [-0.1, -0.05) is 0 Å². The summed E-state index contributed by atoms with van der Waals surface area (Å²) in [5.74, 6) is -0.819. The molecule has 8 heteroatoms. The number of methoxy groups -OCH3 is 2. The number of hydrogen-bond donors (Lipinski definition) is 4. The predicted octanol–water partition coefficient (Wildman–Crippen LogP) is -1.14. The molecule has 1 saturated heterocycles. The molecule has 0 radical (unpaired) electrons. The van der Waals surface area contributed by atoms with Gasteiger partial charge in [-0.15, -0.1) is 0 Å². The second-order valence-corrected chi connectivity index (χ2v) is 5.58. The van der Waals surface area contributed by atoms with Crippen LogP contribution in [0.4, 0.5) is 0 Å². The third-order valence-corrected chi connectivity index (χ3v) is 4.35. The number of fused-ring (bicyclic) bond motifs is 2. The summed E-state index contributed by atoms with van der Waals surface area (Å²) in [6.45, 7) is -0.440. The van der Waals surface area contributed by atoms with Crippen LogP contribution in [0.15, 0.2) is 12.1 Å². The van der Waals surface area contributed by atoms with Gasteiger partial charge in [0.2, 0.25) is 5.79 Å². The number of ether oxygens (including phenoxy) is 4. The molecule has 3 rings (SSSR count). The lowest BCUT2D eigenvalue weighted by Crippen LogP contribution is -2.63. The Morgan fingerprint density at radius 1 is 1.17 bits per heavy atom. The van der Waals surface area contributed by atoms with E-state index in [2.05, 4.69) is 0 Å². The van der Waals surface area contributed by atoms with Crippen LogP contribution >= 0.6 is 0 Å². The summed E-state index contributed by atoms with van der Waals surface area (Å²) in [5.41, 5.74) is 1.08. The molecule has 0 amide bonds. The van der Waals surface area contributed by atoms with Gasteiger partial charge >= 0.3 is 0 Å². The SMILES string of the molecule is COc1cc2c(c(OC)c1)[C@@]1(OC2)O[C@H](CO)[C@@H](O)[C@H](O)[C@@H]1O. The molecule has 23 heavy (non-hydrogen) atoms. The molecular weight excluding hydrogens is 308 g/mol. The Bertz CT molecular complexity index is 589. The molecule has 128 valence electrons. The first-order chi connectivity index (χ1) is 11.0. The van der Waals surface area contributed by atoms with E-state index in [0.29, 0.717) is 22.6 Å². The van der Waals surface area contributed by atoms with Crippen molar-refractivity contribution in [3.05, 3.63) is 23.3 Å². The Labute approximate surface area is 132 Å². The first-order valence-electron chi connectivity index (χ1n) is 7.20. The van der Waals surface area contributed by atoms with E-state index in [0.717, 1.165) is 0 Å². The minimum absolute atomic E-state index is 0.0981. The Morgan fingerprint density at radius 3 is 2.52 bits per heavy atom. The molecule has 8 nitrogen and oxygen atoms in total. The van der Waals surface area contributed by atoms with Gasteiger partial charge in [0.25, 0.3) is 0 Å². The largest absolute Gasteiger partial charge is 0.497 e. The van der Waals surface area contributed by atoms with E-state index >= 15 is 0 Å².